The first-order valence-electron chi connectivity index (χ1n) is 27.2. The molecule has 0 bridgehead atoms. The van der Waals surface area contributed by atoms with Crippen molar-refractivity contribution in [2.24, 2.45) is 0 Å². The minimum atomic E-state index is -0.150. The van der Waals surface area contributed by atoms with Gasteiger partial charge in [0.15, 0.2) is 0 Å². The highest BCUT2D eigenvalue weighted by Gasteiger charge is 2.30. The van der Waals surface area contributed by atoms with Crippen molar-refractivity contribution in [2.75, 3.05) is 10.6 Å². The lowest BCUT2D eigenvalue weighted by Crippen LogP contribution is -2.18. The van der Waals surface area contributed by atoms with E-state index in [4.69, 9.17) is 14.7 Å². The second-order valence-corrected chi connectivity index (χ2v) is 27.2. The quantitative estimate of drug-likeness (QED) is 0.151. The SMILES string of the molecule is CC(C)(C)c1ccnc(-n2c3ccccc3c3ccc(Oc4cccc(Nc5ccncc5Nc5c(-c6cc(C(C)(C)C)ccc6C(C)(C)C)cc(C(C)(C)C)cc5-c5cc(C(C)(C)C)ccc5C(C)(C)C)c4)cc32)c1. The summed E-state index contributed by atoms with van der Waals surface area (Å²) in [5.74, 6) is 2.34. The number of aromatic nitrogens is 3. The summed E-state index contributed by atoms with van der Waals surface area (Å²) in [6.07, 6.45) is 5.72. The maximum absolute atomic E-state index is 6.77. The minimum absolute atomic E-state index is 0.0238. The van der Waals surface area contributed by atoms with E-state index < -0.39 is 0 Å². The van der Waals surface area contributed by atoms with E-state index in [1.54, 1.807) is 0 Å². The number of hydrogen-bond acceptors (Lipinski definition) is 5. The van der Waals surface area contributed by atoms with Crippen molar-refractivity contribution >= 4 is 44.6 Å². The Morgan fingerprint density at radius 3 is 1.51 bits per heavy atom. The van der Waals surface area contributed by atoms with Crippen molar-refractivity contribution in [1.29, 1.82) is 0 Å². The second-order valence-electron chi connectivity index (χ2n) is 27.2. The first-order valence-corrected chi connectivity index (χ1v) is 27.2. The van der Waals surface area contributed by atoms with E-state index in [-0.39, 0.29) is 32.5 Å². The lowest BCUT2D eigenvalue weighted by molar-refractivity contribution is 0.483. The third-order valence-corrected chi connectivity index (χ3v) is 14.9. The fourth-order valence-corrected chi connectivity index (χ4v) is 10.3. The van der Waals surface area contributed by atoms with Gasteiger partial charge in [-0.15, -0.1) is 0 Å². The summed E-state index contributed by atoms with van der Waals surface area (Å²) in [6.45, 7) is 41.6. The van der Waals surface area contributed by atoms with Gasteiger partial charge < -0.3 is 15.4 Å². The topological polar surface area (TPSA) is 64.0 Å². The van der Waals surface area contributed by atoms with Gasteiger partial charge in [-0.25, -0.2) is 4.98 Å². The molecule has 0 spiro atoms. The maximum atomic E-state index is 6.77. The van der Waals surface area contributed by atoms with Gasteiger partial charge in [0, 0.05) is 52.1 Å². The molecule has 0 aliphatic rings. The molecule has 0 aliphatic heterocycles. The van der Waals surface area contributed by atoms with Gasteiger partial charge in [0.05, 0.1) is 34.3 Å². The summed E-state index contributed by atoms with van der Waals surface area (Å²) >= 11 is 0. The Hall–Kier alpha value is -7.18. The van der Waals surface area contributed by atoms with Crippen LogP contribution in [0, 0.1) is 0 Å². The molecule has 0 aliphatic carbocycles. The van der Waals surface area contributed by atoms with Crippen LogP contribution in [0.1, 0.15) is 158 Å². The highest BCUT2D eigenvalue weighted by atomic mass is 16.5. The van der Waals surface area contributed by atoms with E-state index >= 15 is 0 Å². The molecule has 0 radical (unpaired) electrons. The van der Waals surface area contributed by atoms with Gasteiger partial charge in [-0.05, 0) is 138 Å². The van der Waals surface area contributed by atoms with Crippen molar-refractivity contribution in [3.63, 3.8) is 0 Å². The van der Waals surface area contributed by atoms with E-state index in [1.807, 2.05) is 30.7 Å². The number of fused-ring (bicyclic) bond motifs is 3. The Morgan fingerprint density at radius 2 is 0.934 bits per heavy atom. The van der Waals surface area contributed by atoms with Gasteiger partial charge in [0.1, 0.15) is 17.3 Å². The fraction of sp³-hybridized carbons (Fsp3) is 0.343. The summed E-state index contributed by atoms with van der Waals surface area (Å²) < 4.78 is 9.02. The fourth-order valence-electron chi connectivity index (χ4n) is 10.3. The van der Waals surface area contributed by atoms with Crippen LogP contribution in [0.3, 0.4) is 0 Å². The number of nitrogens with zero attached hydrogens (tertiary/aromatic N) is 3. The van der Waals surface area contributed by atoms with Crippen molar-refractivity contribution in [2.45, 2.75) is 157 Å². The first-order chi connectivity index (χ1) is 35.4. The van der Waals surface area contributed by atoms with Gasteiger partial charge in [0.2, 0.25) is 0 Å². The van der Waals surface area contributed by atoms with Crippen LogP contribution in [-0.4, -0.2) is 14.5 Å². The molecule has 0 amide bonds. The molecule has 392 valence electrons. The van der Waals surface area contributed by atoms with E-state index in [2.05, 4.69) is 261 Å². The van der Waals surface area contributed by atoms with Crippen LogP contribution in [0.25, 0.3) is 49.9 Å². The summed E-state index contributed by atoms with van der Waals surface area (Å²) in [5.41, 5.74) is 17.7. The Bertz CT molecular complexity index is 3530. The molecule has 0 unspecified atom stereocenters. The largest absolute Gasteiger partial charge is 0.457 e. The van der Waals surface area contributed by atoms with Gasteiger partial charge in [-0.2, -0.15) is 0 Å². The maximum Gasteiger partial charge on any atom is 0.137 e. The summed E-state index contributed by atoms with van der Waals surface area (Å²) in [5, 5.41) is 10.2. The molecule has 6 heteroatoms. The number of pyridine rings is 2. The molecule has 0 atom stereocenters. The van der Waals surface area contributed by atoms with Gasteiger partial charge in [0.25, 0.3) is 0 Å². The number of para-hydroxylation sites is 1. The van der Waals surface area contributed by atoms with Crippen molar-refractivity contribution < 1.29 is 4.74 Å². The molecular weight excluding hydrogens is 927 g/mol. The normalized spacial score (nSPS) is 12.9. The number of ether oxygens (including phenoxy) is 1. The Balaban J connectivity index is 1.17. The van der Waals surface area contributed by atoms with Crippen molar-refractivity contribution in [1.82, 2.24) is 14.5 Å². The van der Waals surface area contributed by atoms with Crippen molar-refractivity contribution in [3.05, 3.63) is 185 Å². The van der Waals surface area contributed by atoms with Crippen LogP contribution in [-0.2, 0) is 32.5 Å². The second kappa shape index (κ2) is 19.4. The van der Waals surface area contributed by atoms with E-state index in [9.17, 15) is 0 Å². The molecule has 2 N–H and O–H groups in total. The molecule has 9 aromatic rings. The highest BCUT2D eigenvalue weighted by Crippen LogP contribution is 2.50. The molecule has 3 heterocycles. The molecule has 3 aromatic heterocycles. The molecule has 76 heavy (non-hydrogen) atoms. The molecule has 6 aromatic carbocycles. The van der Waals surface area contributed by atoms with Gasteiger partial charge >= 0.3 is 0 Å². The van der Waals surface area contributed by atoms with Crippen LogP contribution >= 0.6 is 0 Å². The minimum Gasteiger partial charge on any atom is -0.457 e. The molecule has 0 saturated heterocycles. The monoisotopic (exact) mass is 1010 g/mol. The van der Waals surface area contributed by atoms with E-state index in [1.165, 1.54) is 61.0 Å². The zero-order valence-corrected chi connectivity index (χ0v) is 48.7. The number of nitrogens with one attached hydrogen (secondary N) is 2. The molecule has 9 rings (SSSR count). The number of benzene rings is 6. The van der Waals surface area contributed by atoms with Gasteiger partial charge in [-0.3, -0.25) is 9.55 Å². The average Bonchev–Trinajstić information content (AvgIpc) is 3.67. The van der Waals surface area contributed by atoms with Crippen LogP contribution in [0.5, 0.6) is 11.5 Å². The van der Waals surface area contributed by atoms with Crippen LogP contribution in [0.4, 0.5) is 22.7 Å². The highest BCUT2D eigenvalue weighted by molar-refractivity contribution is 6.09. The molecule has 0 fully saturated rings. The van der Waals surface area contributed by atoms with Crippen LogP contribution in [0.15, 0.2) is 152 Å². The zero-order valence-electron chi connectivity index (χ0n) is 48.7. The lowest BCUT2D eigenvalue weighted by atomic mass is 9.74. The predicted octanol–water partition coefficient (Wildman–Crippen LogP) is 20.0. The number of anilines is 4. The zero-order chi connectivity index (χ0) is 54.9. The first kappa shape index (κ1) is 53.6. The van der Waals surface area contributed by atoms with Crippen LogP contribution < -0.4 is 15.4 Å². The van der Waals surface area contributed by atoms with Crippen LogP contribution in [0.2, 0.25) is 0 Å². The molecule has 0 saturated carbocycles. The summed E-state index contributed by atoms with van der Waals surface area (Å²) in [4.78, 5) is 9.68. The molecule has 6 nitrogen and oxygen atoms in total. The van der Waals surface area contributed by atoms with E-state index in [0.717, 1.165) is 50.7 Å². The average molecular weight is 1010 g/mol. The third-order valence-electron chi connectivity index (χ3n) is 14.9. The Labute approximate surface area is 454 Å². The standard InChI is InChI=1S/C70H81N5O/c1-65(2,3)44-26-30-57(69(13,14)15)53(36-44)55-38-47(68(10,11)12)39-56(54-37-45(66(4,5)6)27-31-58(54)70(16,17)18)64(55)74-60-43-71-34-33-59(60)73-48-22-21-23-49(41-48)76-50-28-29-52-51-24-19-20-25-61(51)75(62(52)42-50)63-40-46(32-35-72-63)67(7,8)9/h19-43,74H,1-18H3,(H,71,73). The third kappa shape index (κ3) is 11.1. The lowest BCUT2D eigenvalue weighted by Gasteiger charge is -2.32. The number of hydrogen-bond donors (Lipinski definition) is 2. The Morgan fingerprint density at radius 1 is 0.395 bits per heavy atom. The summed E-state index contributed by atoms with van der Waals surface area (Å²) in [7, 11) is 0. The summed E-state index contributed by atoms with van der Waals surface area (Å²) in [6, 6.07) is 48.7. The van der Waals surface area contributed by atoms with Crippen molar-refractivity contribution in [3.8, 4) is 39.6 Å². The van der Waals surface area contributed by atoms with Gasteiger partial charge in [-0.1, -0.05) is 185 Å². The number of rotatable bonds is 9. The smallest absolute Gasteiger partial charge is 0.137 e. The molecular formula is C70H81N5O. The van der Waals surface area contributed by atoms with E-state index in [0.29, 0.717) is 5.75 Å². The predicted molar refractivity (Wildman–Crippen MR) is 325 cm³/mol. The Kier molecular flexibility index (Phi) is 13.7.